The van der Waals surface area contributed by atoms with Crippen molar-refractivity contribution in [3.05, 3.63) is 70.8 Å². The van der Waals surface area contributed by atoms with Crippen LogP contribution in [0.4, 0.5) is 0 Å². The smallest absolute Gasteiger partial charge is 0.326 e. The lowest BCUT2D eigenvalue weighted by Crippen LogP contribution is -2.54. The molecule has 0 saturated heterocycles. The highest BCUT2D eigenvalue weighted by atomic mass is 16.4. The van der Waals surface area contributed by atoms with Gasteiger partial charge in [0.25, 0.3) is 0 Å². The number of nitrogens with two attached hydrogens (primary N) is 1. The van der Waals surface area contributed by atoms with Crippen molar-refractivity contribution >= 4 is 29.6 Å². The number of carboxylic acid groups (broad SMARTS) is 1. The van der Waals surface area contributed by atoms with E-state index in [2.05, 4.69) is 21.3 Å². The molecule has 2 aromatic rings. The zero-order valence-corrected chi connectivity index (χ0v) is 24.0. The van der Waals surface area contributed by atoms with Crippen molar-refractivity contribution in [2.75, 3.05) is 13.1 Å². The van der Waals surface area contributed by atoms with Crippen LogP contribution in [0.3, 0.4) is 0 Å². The van der Waals surface area contributed by atoms with Crippen LogP contribution in [0.5, 0.6) is 0 Å². The summed E-state index contributed by atoms with van der Waals surface area (Å²) in [6.07, 6.45) is 0.664. The summed E-state index contributed by atoms with van der Waals surface area (Å²) >= 11 is 0. The van der Waals surface area contributed by atoms with Crippen LogP contribution in [0.2, 0.25) is 0 Å². The number of nitrogens with one attached hydrogen (secondary N) is 4. The maximum Gasteiger partial charge on any atom is 0.326 e. The Morgan fingerprint density at radius 3 is 1.95 bits per heavy atom. The summed E-state index contributed by atoms with van der Waals surface area (Å²) in [5, 5.41) is 19.5. The number of benzene rings is 2. The molecule has 222 valence electrons. The summed E-state index contributed by atoms with van der Waals surface area (Å²) in [5.74, 6) is -3.55. The third-order valence-electron chi connectivity index (χ3n) is 6.53. The van der Waals surface area contributed by atoms with Gasteiger partial charge in [-0.1, -0.05) is 62.4 Å². The molecule has 11 nitrogen and oxygen atoms in total. The Kier molecular flexibility index (Phi) is 13.0. The van der Waals surface area contributed by atoms with Gasteiger partial charge < -0.3 is 32.1 Å². The van der Waals surface area contributed by atoms with E-state index < -0.39 is 54.3 Å². The number of rotatable bonds is 15. The van der Waals surface area contributed by atoms with Gasteiger partial charge in [-0.3, -0.25) is 19.2 Å². The number of aliphatic carboxylic acids is 1. The van der Waals surface area contributed by atoms with Crippen LogP contribution < -0.4 is 27.0 Å². The highest BCUT2D eigenvalue weighted by molar-refractivity contribution is 5.93. The predicted octanol–water partition coefficient (Wildman–Crippen LogP) is 0.749. The molecule has 0 bridgehead atoms. The minimum atomic E-state index is -1.17. The number of carboxylic acids is 1. The lowest BCUT2D eigenvalue weighted by Gasteiger charge is -2.22. The minimum absolute atomic E-state index is 0.0235. The van der Waals surface area contributed by atoms with Crippen molar-refractivity contribution < 1.29 is 29.1 Å². The predicted molar refractivity (Wildman–Crippen MR) is 155 cm³/mol. The molecule has 0 radical (unpaired) electrons. The zero-order valence-electron chi connectivity index (χ0n) is 24.0. The Bertz CT molecular complexity index is 1200. The van der Waals surface area contributed by atoms with Crippen LogP contribution in [0.15, 0.2) is 48.5 Å². The molecule has 0 unspecified atom stereocenters. The lowest BCUT2D eigenvalue weighted by atomic mass is 9.96. The fraction of sp³-hybridized carbons (Fsp3) is 0.433. The average Bonchev–Trinajstić information content (AvgIpc) is 2.92. The van der Waals surface area contributed by atoms with Gasteiger partial charge in [0.2, 0.25) is 23.6 Å². The maximum atomic E-state index is 13.0. The quantitative estimate of drug-likeness (QED) is 0.184. The minimum Gasteiger partial charge on any atom is -0.480 e. The topological polar surface area (TPSA) is 180 Å². The molecule has 0 aliphatic heterocycles. The van der Waals surface area contributed by atoms with Crippen LogP contribution >= 0.6 is 0 Å². The summed E-state index contributed by atoms with van der Waals surface area (Å²) in [6, 6.07) is 11.7. The SMILES string of the molecule is Cc1cccc(C)c1C[C@@H](N)C(=O)NCC(=O)NCC(=O)N[C@@H](Cc1ccccc1)C(=O)N[C@@H](CC(C)C)C(=O)O. The Hall–Kier alpha value is -4.25. The number of carbonyl (C=O) groups excluding carboxylic acids is 4. The van der Waals surface area contributed by atoms with E-state index in [0.29, 0.717) is 6.42 Å². The maximum absolute atomic E-state index is 13.0. The second-order valence-corrected chi connectivity index (χ2v) is 10.5. The molecule has 0 saturated carbocycles. The molecule has 4 amide bonds. The first kappa shape index (κ1) is 33.0. The van der Waals surface area contributed by atoms with Crippen LogP contribution in [0.1, 0.15) is 42.5 Å². The number of carbonyl (C=O) groups is 5. The van der Waals surface area contributed by atoms with Gasteiger partial charge >= 0.3 is 5.97 Å². The van der Waals surface area contributed by atoms with Crippen molar-refractivity contribution in [2.24, 2.45) is 11.7 Å². The summed E-state index contributed by atoms with van der Waals surface area (Å²) in [6.45, 7) is 6.74. The number of hydrogen-bond donors (Lipinski definition) is 6. The van der Waals surface area contributed by atoms with Crippen LogP contribution in [-0.4, -0.2) is 65.9 Å². The van der Waals surface area contributed by atoms with Crippen LogP contribution in [0.25, 0.3) is 0 Å². The molecule has 2 aromatic carbocycles. The van der Waals surface area contributed by atoms with E-state index in [1.807, 2.05) is 52.0 Å². The Morgan fingerprint density at radius 2 is 1.37 bits per heavy atom. The van der Waals surface area contributed by atoms with Crippen molar-refractivity contribution in [3.8, 4) is 0 Å². The van der Waals surface area contributed by atoms with Gasteiger partial charge in [0, 0.05) is 6.42 Å². The van der Waals surface area contributed by atoms with E-state index in [9.17, 15) is 29.1 Å². The first-order valence-electron chi connectivity index (χ1n) is 13.6. The molecule has 41 heavy (non-hydrogen) atoms. The first-order valence-corrected chi connectivity index (χ1v) is 13.6. The number of amides is 4. The average molecular weight is 568 g/mol. The summed E-state index contributed by atoms with van der Waals surface area (Å²) in [4.78, 5) is 62.0. The van der Waals surface area contributed by atoms with Crippen LogP contribution in [-0.2, 0) is 36.8 Å². The Labute approximate surface area is 240 Å². The van der Waals surface area contributed by atoms with Gasteiger partial charge in [-0.05, 0) is 54.9 Å². The van der Waals surface area contributed by atoms with Crippen molar-refractivity contribution in [1.82, 2.24) is 21.3 Å². The molecule has 7 N–H and O–H groups in total. The van der Waals surface area contributed by atoms with Gasteiger partial charge in [0.15, 0.2) is 0 Å². The van der Waals surface area contributed by atoms with E-state index >= 15 is 0 Å². The molecular weight excluding hydrogens is 526 g/mol. The third-order valence-corrected chi connectivity index (χ3v) is 6.53. The number of aryl methyl sites for hydroxylation is 2. The molecule has 11 heteroatoms. The fourth-order valence-electron chi connectivity index (χ4n) is 4.29. The molecule has 3 atom stereocenters. The molecule has 0 spiro atoms. The lowest BCUT2D eigenvalue weighted by molar-refractivity contribution is -0.142. The molecule has 2 rings (SSSR count). The van der Waals surface area contributed by atoms with E-state index in [1.54, 1.807) is 24.3 Å². The Balaban J connectivity index is 1.91. The fourth-order valence-corrected chi connectivity index (χ4v) is 4.29. The highest BCUT2D eigenvalue weighted by Crippen LogP contribution is 2.15. The first-order chi connectivity index (χ1) is 19.4. The van der Waals surface area contributed by atoms with Crippen molar-refractivity contribution in [1.29, 1.82) is 0 Å². The second kappa shape index (κ2) is 16.1. The number of hydrogen-bond acceptors (Lipinski definition) is 6. The van der Waals surface area contributed by atoms with Gasteiger partial charge in [-0.25, -0.2) is 4.79 Å². The van der Waals surface area contributed by atoms with Crippen LogP contribution in [0, 0.1) is 19.8 Å². The summed E-state index contributed by atoms with van der Waals surface area (Å²) in [7, 11) is 0. The van der Waals surface area contributed by atoms with Gasteiger partial charge in [0.05, 0.1) is 19.1 Å². The van der Waals surface area contributed by atoms with Crippen molar-refractivity contribution in [3.63, 3.8) is 0 Å². The van der Waals surface area contributed by atoms with E-state index in [4.69, 9.17) is 5.73 Å². The van der Waals surface area contributed by atoms with E-state index in [-0.39, 0.29) is 25.3 Å². The second-order valence-electron chi connectivity index (χ2n) is 10.5. The van der Waals surface area contributed by atoms with Gasteiger partial charge in [-0.2, -0.15) is 0 Å². The van der Waals surface area contributed by atoms with E-state index in [1.165, 1.54) is 0 Å². The third kappa shape index (κ3) is 11.4. The normalized spacial score (nSPS) is 13.0. The highest BCUT2D eigenvalue weighted by Gasteiger charge is 2.27. The van der Waals surface area contributed by atoms with Gasteiger partial charge in [0.1, 0.15) is 12.1 Å². The molecule has 0 aliphatic carbocycles. The summed E-state index contributed by atoms with van der Waals surface area (Å²) < 4.78 is 0. The monoisotopic (exact) mass is 567 g/mol. The van der Waals surface area contributed by atoms with Crippen molar-refractivity contribution in [2.45, 2.75) is 65.1 Å². The largest absolute Gasteiger partial charge is 0.480 e. The molecule has 0 heterocycles. The molecular formula is C30H41N5O6. The molecule has 0 fully saturated rings. The Morgan fingerprint density at radius 1 is 0.756 bits per heavy atom. The summed E-state index contributed by atoms with van der Waals surface area (Å²) in [5.41, 5.74) is 9.82. The standard InChI is InChI=1S/C30H41N5O6/c1-18(2)13-25(30(40)41)35-29(39)24(14-21-11-6-5-7-12-21)34-27(37)17-32-26(36)16-33-28(38)23(31)15-22-19(3)9-8-10-20(22)4/h5-12,18,23-25H,13-17,31H2,1-4H3,(H,32,36)(H,33,38)(H,34,37)(H,35,39)(H,40,41)/t23-,24+,25+/m1/s1. The zero-order chi connectivity index (χ0) is 30.5. The molecule has 0 aromatic heterocycles. The van der Waals surface area contributed by atoms with E-state index in [0.717, 1.165) is 22.3 Å². The van der Waals surface area contributed by atoms with Gasteiger partial charge in [-0.15, -0.1) is 0 Å². The molecule has 0 aliphatic rings.